The highest BCUT2D eigenvalue weighted by Crippen LogP contribution is 2.26. The quantitative estimate of drug-likeness (QED) is 0.411. The maximum Gasteiger partial charge on any atom is 0.225 e. The van der Waals surface area contributed by atoms with Crippen LogP contribution in [0.5, 0.6) is 0 Å². The number of amides is 1. The summed E-state index contributed by atoms with van der Waals surface area (Å²) < 4.78 is 0. The standard InChI is InChI=1S/C6H7NO2/c8-5-1-2-7-4(5)3-6(7)9/h4H,1-3H2. The normalized spacial score (nSPS) is 32.4. The van der Waals surface area contributed by atoms with Gasteiger partial charge in [0.25, 0.3) is 0 Å². The SMILES string of the molecule is O=C1CCN2C(=O)CC12. The van der Waals surface area contributed by atoms with Gasteiger partial charge in [-0.25, -0.2) is 0 Å². The molecule has 1 atom stereocenters. The lowest BCUT2D eigenvalue weighted by Gasteiger charge is -2.32. The molecule has 48 valence electrons. The zero-order valence-corrected chi connectivity index (χ0v) is 4.96. The molecule has 2 heterocycles. The number of carbonyl (C=O) groups excluding carboxylic acids is 2. The lowest BCUT2D eigenvalue weighted by atomic mass is 10.0. The molecule has 0 aromatic heterocycles. The van der Waals surface area contributed by atoms with Crippen LogP contribution in [-0.2, 0) is 9.59 Å². The molecule has 0 N–H and O–H groups in total. The van der Waals surface area contributed by atoms with E-state index in [9.17, 15) is 9.59 Å². The second-order valence-electron chi connectivity index (χ2n) is 2.52. The summed E-state index contributed by atoms with van der Waals surface area (Å²) in [6, 6.07) is -0.0162. The molecule has 0 aliphatic carbocycles. The topological polar surface area (TPSA) is 37.4 Å². The first kappa shape index (κ1) is 4.97. The lowest BCUT2D eigenvalue weighted by molar-refractivity contribution is -0.146. The van der Waals surface area contributed by atoms with Crippen molar-refractivity contribution in [2.75, 3.05) is 6.54 Å². The molecule has 0 radical (unpaired) electrons. The van der Waals surface area contributed by atoms with Gasteiger partial charge in [0, 0.05) is 13.0 Å². The average molecular weight is 125 g/mol. The van der Waals surface area contributed by atoms with E-state index in [1.807, 2.05) is 0 Å². The molecule has 0 aromatic carbocycles. The Morgan fingerprint density at radius 1 is 1.44 bits per heavy atom. The van der Waals surface area contributed by atoms with Crippen molar-refractivity contribution in [3.63, 3.8) is 0 Å². The zero-order valence-electron chi connectivity index (χ0n) is 4.96. The molecule has 1 unspecified atom stereocenters. The molecular weight excluding hydrogens is 118 g/mol. The van der Waals surface area contributed by atoms with Gasteiger partial charge in [0.15, 0.2) is 5.78 Å². The third-order valence-corrected chi connectivity index (χ3v) is 2.04. The van der Waals surface area contributed by atoms with Crippen molar-refractivity contribution in [3.8, 4) is 0 Å². The first-order valence-electron chi connectivity index (χ1n) is 3.11. The van der Waals surface area contributed by atoms with E-state index in [1.165, 1.54) is 0 Å². The molecule has 3 nitrogen and oxygen atoms in total. The monoisotopic (exact) mass is 125 g/mol. The van der Waals surface area contributed by atoms with Crippen LogP contribution >= 0.6 is 0 Å². The van der Waals surface area contributed by atoms with Crippen LogP contribution in [0.25, 0.3) is 0 Å². The van der Waals surface area contributed by atoms with E-state index in [0.717, 1.165) is 0 Å². The van der Waals surface area contributed by atoms with Crippen molar-refractivity contribution in [2.45, 2.75) is 18.9 Å². The van der Waals surface area contributed by atoms with E-state index >= 15 is 0 Å². The number of Topliss-reactive ketones (excluding diaryl/α,β-unsaturated/α-hetero) is 1. The third kappa shape index (κ3) is 0.465. The van der Waals surface area contributed by atoms with Crippen LogP contribution < -0.4 is 0 Å². The summed E-state index contributed by atoms with van der Waals surface area (Å²) in [7, 11) is 0. The van der Waals surface area contributed by atoms with Gasteiger partial charge in [-0.15, -0.1) is 0 Å². The largest absolute Gasteiger partial charge is 0.332 e. The van der Waals surface area contributed by atoms with Gasteiger partial charge in [0.05, 0.1) is 12.5 Å². The summed E-state index contributed by atoms with van der Waals surface area (Å²) in [5, 5.41) is 0. The first-order chi connectivity index (χ1) is 4.29. The minimum Gasteiger partial charge on any atom is -0.332 e. The van der Waals surface area contributed by atoms with Crippen LogP contribution in [0.15, 0.2) is 0 Å². The molecule has 2 aliphatic rings. The minimum atomic E-state index is -0.0162. The van der Waals surface area contributed by atoms with Gasteiger partial charge in [0.1, 0.15) is 0 Å². The average Bonchev–Trinajstić information content (AvgIpc) is 2.07. The predicted octanol–water partition coefficient (Wildman–Crippen LogP) is -0.440. The van der Waals surface area contributed by atoms with Crippen molar-refractivity contribution < 1.29 is 9.59 Å². The molecule has 0 saturated carbocycles. The molecule has 2 fully saturated rings. The minimum absolute atomic E-state index is 0.0162. The number of carbonyl (C=O) groups is 2. The molecule has 1 amide bonds. The van der Waals surface area contributed by atoms with E-state index in [4.69, 9.17) is 0 Å². The van der Waals surface area contributed by atoms with Gasteiger partial charge in [-0.1, -0.05) is 0 Å². The number of ketones is 1. The molecule has 3 heteroatoms. The highest BCUT2D eigenvalue weighted by Gasteiger charge is 2.44. The Morgan fingerprint density at radius 2 is 2.22 bits per heavy atom. The van der Waals surface area contributed by atoms with Crippen LogP contribution in [0.4, 0.5) is 0 Å². The van der Waals surface area contributed by atoms with E-state index in [2.05, 4.69) is 0 Å². The summed E-state index contributed by atoms with van der Waals surface area (Å²) in [6.07, 6.45) is 1.05. The fourth-order valence-electron chi connectivity index (χ4n) is 1.42. The van der Waals surface area contributed by atoms with Crippen molar-refractivity contribution in [1.29, 1.82) is 0 Å². The van der Waals surface area contributed by atoms with E-state index in [-0.39, 0.29) is 17.7 Å². The Labute approximate surface area is 52.6 Å². The molecule has 2 saturated heterocycles. The maximum atomic E-state index is 10.8. The Hall–Kier alpha value is -0.860. The Kier molecular flexibility index (Phi) is 0.743. The zero-order chi connectivity index (χ0) is 6.43. The lowest BCUT2D eigenvalue weighted by Crippen LogP contribution is -2.50. The second kappa shape index (κ2) is 1.35. The van der Waals surface area contributed by atoms with Crippen LogP contribution in [0.2, 0.25) is 0 Å². The van der Waals surface area contributed by atoms with Gasteiger partial charge in [-0.3, -0.25) is 9.59 Å². The number of β-lactam (4-membered cyclic amide) rings is 1. The number of rotatable bonds is 0. The van der Waals surface area contributed by atoms with Crippen LogP contribution in [0, 0.1) is 0 Å². The van der Waals surface area contributed by atoms with Crippen molar-refractivity contribution in [2.24, 2.45) is 0 Å². The first-order valence-corrected chi connectivity index (χ1v) is 3.11. The fourth-order valence-corrected chi connectivity index (χ4v) is 1.42. The van der Waals surface area contributed by atoms with Gasteiger partial charge in [0.2, 0.25) is 5.91 Å². The molecule has 0 bridgehead atoms. The number of hydrogen-bond acceptors (Lipinski definition) is 2. The van der Waals surface area contributed by atoms with Crippen molar-refractivity contribution >= 4 is 11.7 Å². The second-order valence-corrected chi connectivity index (χ2v) is 2.52. The van der Waals surface area contributed by atoms with Crippen LogP contribution in [-0.4, -0.2) is 29.2 Å². The van der Waals surface area contributed by atoms with Crippen LogP contribution in [0.1, 0.15) is 12.8 Å². The van der Waals surface area contributed by atoms with Crippen molar-refractivity contribution in [3.05, 3.63) is 0 Å². The summed E-state index contributed by atoms with van der Waals surface area (Å²) in [4.78, 5) is 23.1. The highest BCUT2D eigenvalue weighted by molar-refractivity contribution is 6.01. The van der Waals surface area contributed by atoms with E-state index < -0.39 is 0 Å². The maximum absolute atomic E-state index is 10.8. The number of nitrogens with zero attached hydrogens (tertiary/aromatic N) is 1. The molecule has 0 aromatic rings. The Bertz CT molecular complexity index is 187. The molecule has 2 rings (SSSR count). The van der Waals surface area contributed by atoms with Crippen molar-refractivity contribution in [1.82, 2.24) is 4.90 Å². The van der Waals surface area contributed by atoms with Crippen LogP contribution in [0.3, 0.4) is 0 Å². The fraction of sp³-hybridized carbons (Fsp3) is 0.667. The smallest absolute Gasteiger partial charge is 0.225 e. The van der Waals surface area contributed by atoms with Gasteiger partial charge < -0.3 is 4.90 Å². The van der Waals surface area contributed by atoms with Gasteiger partial charge >= 0.3 is 0 Å². The van der Waals surface area contributed by atoms with Gasteiger partial charge in [-0.2, -0.15) is 0 Å². The summed E-state index contributed by atoms with van der Waals surface area (Å²) in [6.45, 7) is 0.669. The molecule has 9 heavy (non-hydrogen) atoms. The molecular formula is C6H7NO2. The number of fused-ring (bicyclic) bond motifs is 1. The summed E-state index contributed by atoms with van der Waals surface area (Å²) >= 11 is 0. The van der Waals surface area contributed by atoms with E-state index in [1.54, 1.807) is 4.90 Å². The summed E-state index contributed by atoms with van der Waals surface area (Å²) in [5.74, 6) is 0.389. The van der Waals surface area contributed by atoms with E-state index in [0.29, 0.717) is 19.4 Å². The number of hydrogen-bond donors (Lipinski definition) is 0. The predicted molar refractivity (Wildman–Crippen MR) is 29.7 cm³/mol. The highest BCUT2D eigenvalue weighted by atomic mass is 16.2. The van der Waals surface area contributed by atoms with Gasteiger partial charge in [-0.05, 0) is 0 Å². The Balaban J connectivity index is 2.20. The molecule has 2 aliphatic heterocycles. The third-order valence-electron chi connectivity index (χ3n) is 2.04. The molecule has 0 spiro atoms. The Morgan fingerprint density at radius 3 is 2.67 bits per heavy atom. The summed E-state index contributed by atoms with van der Waals surface area (Å²) in [5.41, 5.74) is 0.